The number of carbonyl (C=O) groups excluding carboxylic acids is 4. The number of piperidine rings is 1. The molecule has 2 aliphatic carbocycles. The van der Waals surface area contributed by atoms with E-state index in [1.54, 1.807) is 17.9 Å². The molecule has 3 fully saturated rings. The number of hydrogen-bond acceptors (Lipinski definition) is 4. The summed E-state index contributed by atoms with van der Waals surface area (Å²) < 4.78 is 0. The number of benzene rings is 1. The Bertz CT molecular complexity index is 1240. The van der Waals surface area contributed by atoms with Crippen LogP contribution in [0.15, 0.2) is 43.0 Å². The third-order valence-electron chi connectivity index (χ3n) is 9.20. The first kappa shape index (κ1) is 26.2. The zero-order valence-corrected chi connectivity index (χ0v) is 22.5. The molecule has 0 unspecified atom stereocenters. The van der Waals surface area contributed by atoms with Crippen molar-refractivity contribution >= 4 is 34.4 Å². The molecule has 1 aromatic carbocycles. The highest BCUT2D eigenvalue weighted by molar-refractivity contribution is 6.01. The molecule has 8 nitrogen and oxygen atoms in total. The van der Waals surface area contributed by atoms with E-state index in [0.29, 0.717) is 12.2 Å². The molecule has 202 valence electrons. The van der Waals surface area contributed by atoms with Crippen LogP contribution < -0.4 is 10.6 Å². The minimum atomic E-state index is -0.714. The molecule has 1 aliphatic heterocycles. The van der Waals surface area contributed by atoms with E-state index in [-0.39, 0.29) is 46.7 Å². The maximum absolute atomic E-state index is 14.2. The fourth-order valence-corrected chi connectivity index (χ4v) is 6.80. The van der Waals surface area contributed by atoms with Gasteiger partial charge in [-0.2, -0.15) is 0 Å². The van der Waals surface area contributed by atoms with Crippen molar-refractivity contribution in [3.63, 3.8) is 0 Å². The van der Waals surface area contributed by atoms with E-state index in [4.69, 9.17) is 0 Å². The normalized spacial score (nSPS) is 25.8. The summed E-state index contributed by atoms with van der Waals surface area (Å²) in [5, 5.41) is 6.79. The quantitative estimate of drug-likeness (QED) is 0.464. The Kier molecular flexibility index (Phi) is 6.92. The van der Waals surface area contributed by atoms with Gasteiger partial charge in [0.1, 0.15) is 17.8 Å². The molecule has 1 aromatic heterocycles. The number of H-pyrrole nitrogens is 1. The molecule has 2 heterocycles. The van der Waals surface area contributed by atoms with Gasteiger partial charge >= 0.3 is 0 Å². The average molecular weight is 519 g/mol. The number of rotatable bonds is 8. The maximum atomic E-state index is 14.2. The second kappa shape index (κ2) is 10.0. The number of nitrogens with zero attached hydrogens (tertiary/aromatic N) is 1. The highest BCUT2D eigenvalue weighted by Gasteiger charge is 2.69. The Morgan fingerprint density at radius 1 is 1.11 bits per heavy atom. The molecular weight excluding hydrogens is 480 g/mol. The molecule has 2 aromatic rings. The predicted molar refractivity (Wildman–Crippen MR) is 145 cm³/mol. The number of amides is 3. The monoisotopic (exact) mass is 518 g/mol. The van der Waals surface area contributed by atoms with Crippen LogP contribution in [0.2, 0.25) is 0 Å². The Morgan fingerprint density at radius 3 is 2.50 bits per heavy atom. The van der Waals surface area contributed by atoms with Gasteiger partial charge in [-0.05, 0) is 61.1 Å². The zero-order chi connectivity index (χ0) is 27.2. The molecule has 8 heteroatoms. The fraction of sp³-hybridized carbons (Fsp3) is 0.533. The second-order valence-corrected chi connectivity index (χ2v) is 11.8. The van der Waals surface area contributed by atoms with Gasteiger partial charge in [0.15, 0.2) is 5.78 Å². The highest BCUT2D eigenvalue weighted by Crippen LogP contribution is 2.65. The third-order valence-corrected chi connectivity index (χ3v) is 9.20. The fourth-order valence-electron chi connectivity index (χ4n) is 6.80. The Balaban J connectivity index is 1.40. The topological polar surface area (TPSA) is 111 Å². The Morgan fingerprint density at radius 2 is 1.82 bits per heavy atom. The van der Waals surface area contributed by atoms with Crippen LogP contribution in [0.4, 0.5) is 0 Å². The summed E-state index contributed by atoms with van der Waals surface area (Å²) in [6.45, 7) is 9.86. The van der Waals surface area contributed by atoms with Gasteiger partial charge in [-0.3, -0.25) is 19.2 Å². The van der Waals surface area contributed by atoms with Gasteiger partial charge in [-0.1, -0.05) is 57.9 Å². The lowest BCUT2D eigenvalue weighted by molar-refractivity contribution is -0.143. The summed E-state index contributed by atoms with van der Waals surface area (Å²) in [6.07, 6.45) is 6.06. The lowest BCUT2D eigenvalue weighted by Gasteiger charge is -2.37. The van der Waals surface area contributed by atoms with Crippen molar-refractivity contribution in [2.24, 2.45) is 23.2 Å². The molecule has 3 amide bonds. The first-order valence-corrected chi connectivity index (χ1v) is 13.8. The van der Waals surface area contributed by atoms with Crippen LogP contribution in [0.3, 0.4) is 0 Å². The van der Waals surface area contributed by atoms with Gasteiger partial charge in [-0.25, -0.2) is 0 Å². The Labute approximate surface area is 223 Å². The molecule has 5 rings (SSSR count). The van der Waals surface area contributed by atoms with Crippen molar-refractivity contribution < 1.29 is 19.2 Å². The van der Waals surface area contributed by atoms with Crippen molar-refractivity contribution in [2.75, 3.05) is 6.54 Å². The van der Waals surface area contributed by atoms with E-state index in [0.717, 1.165) is 43.0 Å². The van der Waals surface area contributed by atoms with Crippen molar-refractivity contribution in [2.45, 2.75) is 71.0 Å². The van der Waals surface area contributed by atoms with Crippen LogP contribution in [0.5, 0.6) is 0 Å². The summed E-state index contributed by atoms with van der Waals surface area (Å²) in [5.74, 6) is -0.861. The summed E-state index contributed by atoms with van der Waals surface area (Å²) in [7, 11) is 0. The number of nitrogens with one attached hydrogen (secondary N) is 3. The number of likely N-dealkylation sites (tertiary alicyclic amines) is 1. The van der Waals surface area contributed by atoms with E-state index < -0.39 is 18.1 Å². The van der Waals surface area contributed by atoms with E-state index in [9.17, 15) is 19.2 Å². The number of para-hydroxylation sites is 1. The SMILES string of the molecule is C=CC(=O)[C@H](C)NC(=O)[C@@H]1[C@@H]2[C@H](CN1C(=O)[C@@H](NC(=O)c1cc3ccccc3[nH]1)C1CCCCC1)C2(C)C. The summed E-state index contributed by atoms with van der Waals surface area (Å²) in [6, 6.07) is 7.38. The molecular formula is C30H38N4O4. The largest absolute Gasteiger partial charge is 0.351 e. The van der Waals surface area contributed by atoms with Crippen molar-refractivity contribution in [1.82, 2.24) is 20.5 Å². The van der Waals surface area contributed by atoms with Crippen LogP contribution in [0.25, 0.3) is 10.9 Å². The molecule has 1 saturated heterocycles. The van der Waals surface area contributed by atoms with E-state index in [1.165, 1.54) is 6.08 Å². The van der Waals surface area contributed by atoms with Gasteiger partial charge < -0.3 is 20.5 Å². The minimum Gasteiger partial charge on any atom is -0.351 e. The second-order valence-electron chi connectivity index (χ2n) is 11.8. The van der Waals surface area contributed by atoms with Gasteiger partial charge in [-0.15, -0.1) is 0 Å². The van der Waals surface area contributed by atoms with Gasteiger partial charge in [0, 0.05) is 17.4 Å². The Hall–Kier alpha value is -3.42. The van der Waals surface area contributed by atoms with Crippen LogP contribution in [-0.2, 0) is 14.4 Å². The standard InChI is InChI=1S/C30H38N4O4/c1-5-23(35)17(2)31-28(37)26-24-20(30(24,3)4)16-34(26)29(38)25(18-11-7-6-8-12-18)33-27(36)22-15-19-13-9-10-14-21(19)32-22/h5,9-10,13-15,17-18,20,24-26,32H,1,6-8,11-12,16H2,2-4H3,(H,31,37)(H,33,36)/t17-,20-,24-,25-,26-/m0/s1. The number of hydrogen-bond donors (Lipinski definition) is 3. The molecule has 0 radical (unpaired) electrons. The molecule has 3 aliphatic rings. The van der Waals surface area contributed by atoms with Crippen LogP contribution in [-0.4, -0.2) is 58.1 Å². The molecule has 3 N–H and O–H groups in total. The number of ketones is 1. The summed E-state index contributed by atoms with van der Waals surface area (Å²) in [5.41, 5.74) is 1.22. The molecule has 0 bridgehead atoms. The van der Waals surface area contributed by atoms with Crippen molar-refractivity contribution in [3.05, 3.63) is 48.7 Å². The third kappa shape index (κ3) is 4.65. The average Bonchev–Trinajstić information content (AvgIpc) is 3.30. The molecule has 2 saturated carbocycles. The van der Waals surface area contributed by atoms with Gasteiger partial charge in [0.05, 0.1) is 6.04 Å². The molecule has 5 atom stereocenters. The first-order chi connectivity index (χ1) is 18.1. The van der Waals surface area contributed by atoms with E-state index in [2.05, 4.69) is 36.0 Å². The lowest BCUT2D eigenvalue weighted by Crippen LogP contribution is -2.59. The van der Waals surface area contributed by atoms with E-state index in [1.807, 2.05) is 24.3 Å². The van der Waals surface area contributed by atoms with Crippen molar-refractivity contribution in [1.29, 1.82) is 0 Å². The number of fused-ring (bicyclic) bond motifs is 2. The van der Waals surface area contributed by atoms with Crippen LogP contribution in [0.1, 0.15) is 63.4 Å². The van der Waals surface area contributed by atoms with Gasteiger partial charge in [0.2, 0.25) is 11.8 Å². The molecule has 38 heavy (non-hydrogen) atoms. The number of aromatic amines is 1. The van der Waals surface area contributed by atoms with Crippen LogP contribution >= 0.6 is 0 Å². The first-order valence-electron chi connectivity index (χ1n) is 13.8. The number of carbonyl (C=O) groups is 4. The number of aromatic nitrogens is 1. The van der Waals surface area contributed by atoms with Crippen LogP contribution in [0, 0.1) is 23.2 Å². The lowest BCUT2D eigenvalue weighted by atomic mass is 9.83. The minimum absolute atomic E-state index is 0.0134. The predicted octanol–water partition coefficient (Wildman–Crippen LogP) is 3.59. The van der Waals surface area contributed by atoms with Crippen molar-refractivity contribution in [3.8, 4) is 0 Å². The maximum Gasteiger partial charge on any atom is 0.268 e. The van der Waals surface area contributed by atoms with Gasteiger partial charge in [0.25, 0.3) is 5.91 Å². The summed E-state index contributed by atoms with van der Waals surface area (Å²) in [4.78, 5) is 58.0. The zero-order valence-electron chi connectivity index (χ0n) is 22.5. The highest BCUT2D eigenvalue weighted by atomic mass is 16.2. The van der Waals surface area contributed by atoms with E-state index >= 15 is 0 Å². The smallest absolute Gasteiger partial charge is 0.268 e. The summed E-state index contributed by atoms with van der Waals surface area (Å²) >= 11 is 0. The molecule has 0 spiro atoms.